The molecular weight excluding hydrogens is 334 g/mol. The van der Waals surface area contributed by atoms with Gasteiger partial charge in [-0.25, -0.2) is 0 Å². The van der Waals surface area contributed by atoms with Gasteiger partial charge in [0, 0.05) is 12.1 Å². The summed E-state index contributed by atoms with van der Waals surface area (Å²) >= 11 is 0. The number of furan rings is 1. The number of hydrogen-bond acceptors (Lipinski definition) is 5. The van der Waals surface area contributed by atoms with Gasteiger partial charge in [0.2, 0.25) is 0 Å². The Hall–Kier alpha value is -3.02. The minimum Gasteiger partial charge on any atom is -0.503 e. The van der Waals surface area contributed by atoms with Crippen molar-refractivity contribution in [1.82, 2.24) is 0 Å². The lowest BCUT2D eigenvalue weighted by molar-refractivity contribution is -0.118. The predicted molar refractivity (Wildman–Crippen MR) is 96.1 cm³/mol. The number of hydrogen-bond donors (Lipinski definition) is 1. The average molecular weight is 355 g/mol. The number of ether oxygens (including phenoxy) is 1. The Morgan fingerprint density at radius 1 is 1.27 bits per heavy atom. The molecule has 0 bridgehead atoms. The molecule has 26 heavy (non-hydrogen) atoms. The van der Waals surface area contributed by atoms with Gasteiger partial charge in [0.05, 0.1) is 17.9 Å². The zero-order chi connectivity index (χ0) is 18.8. The Bertz CT molecular complexity index is 834. The molecule has 136 valence electrons. The van der Waals surface area contributed by atoms with E-state index >= 15 is 0 Å². The van der Waals surface area contributed by atoms with Crippen LogP contribution in [0.3, 0.4) is 0 Å². The fourth-order valence-corrected chi connectivity index (χ4v) is 3.02. The molecule has 3 rings (SSSR count). The molecule has 1 amide bonds. The summed E-state index contributed by atoms with van der Waals surface area (Å²) in [6.45, 7) is 5.54. The maximum absolute atomic E-state index is 12.7. The quantitative estimate of drug-likeness (QED) is 0.849. The summed E-state index contributed by atoms with van der Waals surface area (Å²) in [5.74, 6) is -0.352. The standard InChI is InChI=1S/C20H21NO5/c1-4-15(22)17-18(16-6-5-11-25-16)21(20(24)19(17)23)13-7-9-14(10-8-13)26-12(2)3/h5-12,18,23H,4H2,1-3H3. The van der Waals surface area contributed by atoms with Crippen molar-refractivity contribution in [2.75, 3.05) is 4.90 Å². The molecule has 1 aromatic heterocycles. The van der Waals surface area contributed by atoms with E-state index in [0.29, 0.717) is 17.2 Å². The fourth-order valence-electron chi connectivity index (χ4n) is 3.02. The van der Waals surface area contributed by atoms with E-state index in [4.69, 9.17) is 9.15 Å². The molecular formula is C20H21NO5. The summed E-state index contributed by atoms with van der Waals surface area (Å²) in [4.78, 5) is 26.4. The van der Waals surface area contributed by atoms with Crippen molar-refractivity contribution in [2.24, 2.45) is 0 Å². The van der Waals surface area contributed by atoms with Crippen molar-refractivity contribution in [2.45, 2.75) is 39.3 Å². The first-order valence-corrected chi connectivity index (χ1v) is 8.54. The van der Waals surface area contributed by atoms with Gasteiger partial charge in [0.25, 0.3) is 5.91 Å². The molecule has 0 aliphatic carbocycles. The van der Waals surface area contributed by atoms with Crippen LogP contribution in [0.1, 0.15) is 39.0 Å². The summed E-state index contributed by atoms with van der Waals surface area (Å²) in [6.07, 6.45) is 1.68. The van der Waals surface area contributed by atoms with Gasteiger partial charge in [0.15, 0.2) is 11.5 Å². The van der Waals surface area contributed by atoms with E-state index in [0.717, 1.165) is 0 Å². The van der Waals surface area contributed by atoms with E-state index in [1.165, 1.54) is 11.2 Å². The highest BCUT2D eigenvalue weighted by molar-refractivity contribution is 6.16. The Morgan fingerprint density at radius 3 is 2.50 bits per heavy atom. The van der Waals surface area contributed by atoms with Crippen molar-refractivity contribution in [3.8, 4) is 5.75 Å². The number of nitrogens with zero attached hydrogens (tertiary/aromatic N) is 1. The average Bonchev–Trinajstić information content (AvgIpc) is 3.22. The number of aliphatic hydroxyl groups is 1. The zero-order valence-electron chi connectivity index (χ0n) is 14.9. The van der Waals surface area contributed by atoms with Crippen molar-refractivity contribution in [3.63, 3.8) is 0 Å². The minimum absolute atomic E-state index is 0.0321. The molecule has 6 nitrogen and oxygen atoms in total. The number of anilines is 1. The van der Waals surface area contributed by atoms with Crippen LogP contribution in [-0.4, -0.2) is 22.9 Å². The van der Waals surface area contributed by atoms with Crippen LogP contribution in [0.2, 0.25) is 0 Å². The summed E-state index contributed by atoms with van der Waals surface area (Å²) in [5.41, 5.74) is 0.605. The number of carbonyl (C=O) groups is 2. The lowest BCUT2D eigenvalue weighted by Crippen LogP contribution is -2.30. The van der Waals surface area contributed by atoms with Crippen LogP contribution in [0.15, 0.2) is 58.4 Å². The Morgan fingerprint density at radius 2 is 1.96 bits per heavy atom. The normalized spacial score (nSPS) is 17.3. The van der Waals surface area contributed by atoms with E-state index in [2.05, 4.69) is 0 Å². The predicted octanol–water partition coefficient (Wildman–Crippen LogP) is 3.95. The van der Waals surface area contributed by atoms with E-state index in [1.807, 2.05) is 13.8 Å². The molecule has 2 aromatic rings. The Balaban J connectivity index is 2.03. The third-order valence-corrected chi connectivity index (χ3v) is 4.13. The van der Waals surface area contributed by atoms with Crippen molar-refractivity contribution < 1.29 is 23.8 Å². The van der Waals surface area contributed by atoms with Gasteiger partial charge in [-0.05, 0) is 50.2 Å². The van der Waals surface area contributed by atoms with Gasteiger partial charge in [-0.2, -0.15) is 0 Å². The number of rotatable bonds is 6. The largest absolute Gasteiger partial charge is 0.503 e. The summed E-state index contributed by atoms with van der Waals surface area (Å²) in [6, 6.07) is 9.51. The molecule has 0 spiro atoms. The highest BCUT2D eigenvalue weighted by Gasteiger charge is 2.45. The second-order valence-corrected chi connectivity index (χ2v) is 6.29. The molecule has 2 heterocycles. The monoisotopic (exact) mass is 355 g/mol. The van der Waals surface area contributed by atoms with Gasteiger partial charge in [-0.3, -0.25) is 14.5 Å². The van der Waals surface area contributed by atoms with E-state index in [1.54, 1.807) is 43.3 Å². The van der Waals surface area contributed by atoms with Gasteiger partial charge in [-0.1, -0.05) is 6.92 Å². The molecule has 1 aliphatic rings. The molecule has 0 saturated heterocycles. The molecule has 1 unspecified atom stereocenters. The SMILES string of the molecule is CCC(=O)C1=C(O)C(=O)N(c2ccc(OC(C)C)cc2)C1c1ccco1. The zero-order valence-corrected chi connectivity index (χ0v) is 14.9. The van der Waals surface area contributed by atoms with E-state index in [9.17, 15) is 14.7 Å². The van der Waals surface area contributed by atoms with Gasteiger partial charge >= 0.3 is 0 Å². The maximum Gasteiger partial charge on any atom is 0.294 e. The minimum atomic E-state index is -0.790. The number of carbonyl (C=O) groups excluding carboxylic acids is 2. The van der Waals surface area contributed by atoms with Crippen molar-refractivity contribution in [1.29, 1.82) is 0 Å². The number of Topliss-reactive ketones (excluding diaryl/α,β-unsaturated/α-hetero) is 1. The number of benzene rings is 1. The third-order valence-electron chi connectivity index (χ3n) is 4.13. The smallest absolute Gasteiger partial charge is 0.294 e. The van der Waals surface area contributed by atoms with Crippen LogP contribution in [0.25, 0.3) is 0 Å². The molecule has 1 aromatic carbocycles. The maximum atomic E-state index is 12.7. The number of ketones is 1. The first-order valence-electron chi connectivity index (χ1n) is 8.54. The van der Waals surface area contributed by atoms with Gasteiger partial charge in [0.1, 0.15) is 17.6 Å². The van der Waals surface area contributed by atoms with Crippen molar-refractivity contribution in [3.05, 3.63) is 59.8 Å². The molecule has 0 saturated carbocycles. The summed E-state index contributed by atoms with van der Waals surface area (Å²) in [7, 11) is 0. The summed E-state index contributed by atoms with van der Waals surface area (Å²) in [5, 5.41) is 10.3. The van der Waals surface area contributed by atoms with Crippen LogP contribution in [0.4, 0.5) is 5.69 Å². The number of amides is 1. The molecule has 0 fully saturated rings. The second-order valence-electron chi connectivity index (χ2n) is 6.29. The van der Waals surface area contributed by atoms with Gasteiger partial charge < -0.3 is 14.3 Å². The second kappa shape index (κ2) is 7.07. The first kappa shape index (κ1) is 17.8. The van der Waals surface area contributed by atoms with E-state index < -0.39 is 17.7 Å². The highest BCUT2D eigenvalue weighted by atomic mass is 16.5. The lowest BCUT2D eigenvalue weighted by Gasteiger charge is -2.25. The van der Waals surface area contributed by atoms with Crippen LogP contribution < -0.4 is 9.64 Å². The third kappa shape index (κ3) is 3.10. The van der Waals surface area contributed by atoms with Crippen molar-refractivity contribution >= 4 is 17.4 Å². The fraction of sp³-hybridized carbons (Fsp3) is 0.300. The highest BCUT2D eigenvalue weighted by Crippen LogP contribution is 2.41. The molecule has 1 aliphatic heterocycles. The van der Waals surface area contributed by atoms with Gasteiger partial charge in [-0.15, -0.1) is 0 Å². The molecule has 1 atom stereocenters. The lowest BCUT2D eigenvalue weighted by atomic mass is 9.99. The Labute approximate surface area is 151 Å². The van der Waals surface area contributed by atoms with Crippen LogP contribution in [-0.2, 0) is 9.59 Å². The van der Waals surface area contributed by atoms with Crippen LogP contribution >= 0.6 is 0 Å². The van der Waals surface area contributed by atoms with E-state index in [-0.39, 0.29) is 23.9 Å². The number of aliphatic hydroxyl groups excluding tert-OH is 1. The molecule has 1 N–H and O–H groups in total. The molecule has 0 radical (unpaired) electrons. The van der Waals surface area contributed by atoms with Crippen LogP contribution in [0.5, 0.6) is 5.75 Å². The Kier molecular flexibility index (Phi) is 4.84. The molecule has 6 heteroatoms. The van der Waals surface area contributed by atoms with Crippen LogP contribution in [0, 0.1) is 0 Å². The summed E-state index contributed by atoms with van der Waals surface area (Å²) < 4.78 is 11.1. The first-order chi connectivity index (χ1) is 12.4. The topological polar surface area (TPSA) is 80.0 Å².